The fourth-order valence-corrected chi connectivity index (χ4v) is 3.61. The molecule has 1 fully saturated rings. The van der Waals surface area contributed by atoms with Crippen LogP contribution in [0.1, 0.15) is 35.5 Å². The van der Waals surface area contributed by atoms with Gasteiger partial charge in [0.05, 0.1) is 10.7 Å². The number of thiazole rings is 1. The summed E-state index contributed by atoms with van der Waals surface area (Å²) in [5.41, 5.74) is 2.43. The van der Waals surface area contributed by atoms with Crippen LogP contribution in [0.3, 0.4) is 0 Å². The van der Waals surface area contributed by atoms with E-state index in [1.54, 1.807) is 11.3 Å². The standard InChI is InChI=1S/C18H23ClN4S/c1-3-20-18(21-8-7-15-11-24-12(2)22-15)23-17-10-16(17)13-5-4-6-14(19)9-13/h4-6,9,11,16-17H,3,7-8,10H2,1-2H3,(H2,20,21,23). The van der Waals surface area contributed by atoms with Crippen molar-refractivity contribution in [1.82, 2.24) is 15.6 Å². The molecule has 1 aliphatic rings. The third-order valence-electron chi connectivity index (χ3n) is 4.04. The van der Waals surface area contributed by atoms with E-state index in [2.05, 4.69) is 45.0 Å². The molecule has 1 aliphatic carbocycles. The predicted molar refractivity (Wildman–Crippen MR) is 102 cm³/mol. The number of hydrogen-bond acceptors (Lipinski definition) is 3. The third kappa shape index (κ3) is 4.71. The van der Waals surface area contributed by atoms with Gasteiger partial charge in [-0.25, -0.2) is 4.98 Å². The van der Waals surface area contributed by atoms with E-state index in [0.29, 0.717) is 12.0 Å². The summed E-state index contributed by atoms with van der Waals surface area (Å²) in [5, 5.41) is 10.9. The van der Waals surface area contributed by atoms with E-state index in [4.69, 9.17) is 11.6 Å². The third-order valence-corrected chi connectivity index (χ3v) is 5.10. The highest BCUT2D eigenvalue weighted by Crippen LogP contribution is 2.41. The first kappa shape index (κ1) is 17.2. The Balaban J connectivity index is 1.53. The monoisotopic (exact) mass is 362 g/mol. The molecular formula is C18H23ClN4S. The maximum atomic E-state index is 6.09. The van der Waals surface area contributed by atoms with E-state index >= 15 is 0 Å². The second-order valence-electron chi connectivity index (χ2n) is 6.02. The lowest BCUT2D eigenvalue weighted by Gasteiger charge is -2.11. The number of nitrogens with zero attached hydrogens (tertiary/aromatic N) is 2. The van der Waals surface area contributed by atoms with Crippen molar-refractivity contribution in [3.05, 3.63) is 50.9 Å². The molecule has 2 unspecified atom stereocenters. The van der Waals surface area contributed by atoms with Crippen LogP contribution in [-0.4, -0.2) is 30.1 Å². The molecule has 0 spiro atoms. The molecule has 0 radical (unpaired) electrons. The van der Waals surface area contributed by atoms with Crippen LogP contribution in [-0.2, 0) is 6.42 Å². The fraction of sp³-hybridized carbons (Fsp3) is 0.444. The first-order valence-electron chi connectivity index (χ1n) is 8.37. The van der Waals surface area contributed by atoms with Crippen LogP contribution in [0.25, 0.3) is 0 Å². The molecule has 1 aromatic heterocycles. The minimum atomic E-state index is 0.433. The van der Waals surface area contributed by atoms with Crippen LogP contribution < -0.4 is 10.6 Å². The molecule has 0 bridgehead atoms. The van der Waals surface area contributed by atoms with Crippen LogP contribution in [0, 0.1) is 6.92 Å². The summed E-state index contributed by atoms with van der Waals surface area (Å²) < 4.78 is 0. The molecule has 2 atom stereocenters. The minimum absolute atomic E-state index is 0.433. The van der Waals surface area contributed by atoms with Crippen LogP contribution in [0.15, 0.2) is 34.6 Å². The zero-order valence-electron chi connectivity index (χ0n) is 14.1. The van der Waals surface area contributed by atoms with E-state index in [9.17, 15) is 0 Å². The first-order chi connectivity index (χ1) is 11.7. The molecule has 128 valence electrons. The van der Waals surface area contributed by atoms with Crippen molar-refractivity contribution in [3.63, 3.8) is 0 Å². The van der Waals surface area contributed by atoms with Gasteiger partial charge in [0.2, 0.25) is 0 Å². The van der Waals surface area contributed by atoms with Crippen molar-refractivity contribution in [3.8, 4) is 0 Å². The summed E-state index contributed by atoms with van der Waals surface area (Å²) >= 11 is 7.78. The van der Waals surface area contributed by atoms with Crippen molar-refractivity contribution < 1.29 is 0 Å². The van der Waals surface area contributed by atoms with Gasteiger partial charge < -0.3 is 10.6 Å². The summed E-state index contributed by atoms with van der Waals surface area (Å²) in [4.78, 5) is 9.16. The van der Waals surface area contributed by atoms with Gasteiger partial charge in [0.25, 0.3) is 0 Å². The molecular weight excluding hydrogens is 340 g/mol. The number of aromatic nitrogens is 1. The van der Waals surface area contributed by atoms with Crippen LogP contribution in [0.2, 0.25) is 5.02 Å². The molecule has 1 saturated carbocycles. The van der Waals surface area contributed by atoms with E-state index in [0.717, 1.165) is 47.6 Å². The van der Waals surface area contributed by atoms with Gasteiger partial charge in [-0.15, -0.1) is 11.3 Å². The highest BCUT2D eigenvalue weighted by Gasteiger charge is 2.39. The van der Waals surface area contributed by atoms with E-state index in [1.807, 2.05) is 19.1 Å². The van der Waals surface area contributed by atoms with Crippen molar-refractivity contribution in [2.45, 2.75) is 38.6 Å². The Morgan fingerprint density at radius 3 is 3.04 bits per heavy atom. The summed E-state index contributed by atoms with van der Waals surface area (Å²) in [6, 6.07) is 8.57. The average Bonchev–Trinajstić information content (AvgIpc) is 3.20. The number of halogens is 1. The molecule has 3 rings (SSSR count). The highest BCUT2D eigenvalue weighted by molar-refractivity contribution is 7.09. The smallest absolute Gasteiger partial charge is 0.191 e. The van der Waals surface area contributed by atoms with Gasteiger partial charge in [-0.05, 0) is 38.0 Å². The molecule has 24 heavy (non-hydrogen) atoms. The normalized spacial score (nSPS) is 20.0. The average molecular weight is 363 g/mol. The lowest BCUT2D eigenvalue weighted by molar-refractivity contribution is 0.790. The zero-order valence-corrected chi connectivity index (χ0v) is 15.6. The SMILES string of the molecule is CCNC(=NCCc1csc(C)n1)NC1CC1c1cccc(Cl)c1. The van der Waals surface area contributed by atoms with Gasteiger partial charge in [-0.2, -0.15) is 0 Å². The number of guanidine groups is 1. The quantitative estimate of drug-likeness (QED) is 0.607. The predicted octanol–water partition coefficient (Wildman–Crippen LogP) is 3.76. The van der Waals surface area contributed by atoms with Crippen molar-refractivity contribution in [1.29, 1.82) is 0 Å². The number of hydrogen-bond donors (Lipinski definition) is 2. The van der Waals surface area contributed by atoms with Gasteiger partial charge in [0, 0.05) is 41.9 Å². The lowest BCUT2D eigenvalue weighted by atomic mass is 10.1. The zero-order chi connectivity index (χ0) is 16.9. The topological polar surface area (TPSA) is 49.3 Å². The van der Waals surface area contributed by atoms with Gasteiger partial charge >= 0.3 is 0 Å². The number of rotatable bonds is 6. The van der Waals surface area contributed by atoms with Gasteiger partial charge in [-0.1, -0.05) is 23.7 Å². The molecule has 1 aromatic carbocycles. The minimum Gasteiger partial charge on any atom is -0.357 e. The van der Waals surface area contributed by atoms with Gasteiger partial charge in [-0.3, -0.25) is 4.99 Å². The maximum Gasteiger partial charge on any atom is 0.191 e. The van der Waals surface area contributed by atoms with Crippen molar-refractivity contribution in [2.75, 3.05) is 13.1 Å². The second-order valence-corrected chi connectivity index (χ2v) is 7.52. The molecule has 0 aliphatic heterocycles. The first-order valence-corrected chi connectivity index (χ1v) is 9.62. The molecule has 2 N–H and O–H groups in total. The highest BCUT2D eigenvalue weighted by atomic mass is 35.5. The van der Waals surface area contributed by atoms with Crippen LogP contribution >= 0.6 is 22.9 Å². The Labute approximate surface area is 152 Å². The Bertz CT molecular complexity index is 713. The fourth-order valence-electron chi connectivity index (χ4n) is 2.76. The van der Waals surface area contributed by atoms with Gasteiger partial charge in [0.15, 0.2) is 5.96 Å². The molecule has 2 aromatic rings. The summed E-state index contributed by atoms with van der Waals surface area (Å²) in [6.07, 6.45) is 2.00. The Hall–Kier alpha value is -1.59. The van der Waals surface area contributed by atoms with E-state index < -0.39 is 0 Å². The second kappa shape index (κ2) is 7.99. The van der Waals surface area contributed by atoms with E-state index in [1.165, 1.54) is 5.56 Å². The van der Waals surface area contributed by atoms with Crippen molar-refractivity contribution in [2.24, 2.45) is 4.99 Å². The van der Waals surface area contributed by atoms with Crippen LogP contribution in [0.5, 0.6) is 0 Å². The Kier molecular flexibility index (Phi) is 5.74. The number of aliphatic imine (C=N–C) groups is 1. The molecule has 0 amide bonds. The van der Waals surface area contributed by atoms with Gasteiger partial charge in [0.1, 0.15) is 0 Å². The summed E-state index contributed by atoms with van der Waals surface area (Å²) in [7, 11) is 0. The lowest BCUT2D eigenvalue weighted by Crippen LogP contribution is -2.39. The molecule has 0 saturated heterocycles. The summed E-state index contributed by atoms with van der Waals surface area (Å²) in [6.45, 7) is 5.72. The largest absolute Gasteiger partial charge is 0.357 e. The maximum absolute atomic E-state index is 6.09. The molecule has 6 heteroatoms. The number of aryl methyl sites for hydroxylation is 1. The summed E-state index contributed by atoms with van der Waals surface area (Å²) in [5.74, 6) is 1.41. The number of benzene rings is 1. The van der Waals surface area contributed by atoms with Crippen molar-refractivity contribution >= 4 is 28.9 Å². The van der Waals surface area contributed by atoms with Crippen LogP contribution in [0.4, 0.5) is 0 Å². The Morgan fingerprint density at radius 2 is 2.33 bits per heavy atom. The molecule has 1 heterocycles. The molecule has 4 nitrogen and oxygen atoms in total. The number of nitrogens with one attached hydrogen (secondary N) is 2. The van der Waals surface area contributed by atoms with E-state index in [-0.39, 0.29) is 0 Å². The Morgan fingerprint density at radius 1 is 1.46 bits per heavy atom.